The molecule has 0 aliphatic carbocycles. The van der Waals surface area contributed by atoms with E-state index in [2.05, 4.69) is 15.9 Å². The Bertz CT molecular complexity index is 619. The van der Waals surface area contributed by atoms with E-state index in [9.17, 15) is 5.11 Å². The fourth-order valence-corrected chi connectivity index (χ4v) is 2.19. The molecule has 0 aliphatic rings. The molecule has 0 unspecified atom stereocenters. The van der Waals surface area contributed by atoms with E-state index in [0.29, 0.717) is 20.6 Å². The van der Waals surface area contributed by atoms with Gasteiger partial charge in [-0.3, -0.25) is 0 Å². The number of halogens is 2. The first-order chi connectivity index (χ1) is 8.11. The highest BCUT2D eigenvalue weighted by Crippen LogP contribution is 2.37. The summed E-state index contributed by atoms with van der Waals surface area (Å²) in [5.74, 6) is 0.103. The molecule has 2 aromatic carbocycles. The quantitative estimate of drug-likeness (QED) is 0.851. The molecule has 0 fully saturated rings. The molecule has 0 radical (unpaired) electrons. The Hall–Kier alpha value is -1.50. The lowest BCUT2D eigenvalue weighted by molar-refractivity contribution is 0.474. The molecule has 0 spiro atoms. The highest BCUT2D eigenvalue weighted by atomic mass is 79.9. The number of hydrogen-bond donors (Lipinski definition) is 1. The molecule has 0 aromatic heterocycles. The second-order valence-electron chi connectivity index (χ2n) is 3.48. The summed E-state index contributed by atoms with van der Waals surface area (Å²) in [7, 11) is 0. The van der Waals surface area contributed by atoms with Crippen molar-refractivity contribution in [3.63, 3.8) is 0 Å². The third-order valence-corrected chi connectivity index (χ3v) is 3.17. The monoisotopic (exact) mass is 307 g/mol. The summed E-state index contributed by atoms with van der Waals surface area (Å²) in [6, 6.07) is 12.4. The van der Waals surface area contributed by atoms with Gasteiger partial charge in [0, 0.05) is 10.6 Å². The number of aromatic hydroxyl groups is 1. The van der Waals surface area contributed by atoms with Gasteiger partial charge in [0.15, 0.2) is 0 Å². The second-order valence-corrected chi connectivity index (χ2v) is 4.77. The van der Waals surface area contributed by atoms with Crippen LogP contribution < -0.4 is 0 Å². The number of rotatable bonds is 1. The number of phenols is 1. The third kappa shape index (κ3) is 2.44. The van der Waals surface area contributed by atoms with Gasteiger partial charge in [-0.25, -0.2) is 0 Å². The van der Waals surface area contributed by atoms with E-state index >= 15 is 0 Å². The fourth-order valence-electron chi connectivity index (χ4n) is 1.54. The highest BCUT2D eigenvalue weighted by molar-refractivity contribution is 9.10. The van der Waals surface area contributed by atoms with Crippen molar-refractivity contribution in [1.82, 2.24) is 0 Å². The Morgan fingerprint density at radius 2 is 2.00 bits per heavy atom. The number of nitriles is 1. The van der Waals surface area contributed by atoms with Crippen molar-refractivity contribution < 1.29 is 5.11 Å². The molecule has 17 heavy (non-hydrogen) atoms. The van der Waals surface area contributed by atoms with Gasteiger partial charge in [-0.05, 0) is 45.8 Å². The summed E-state index contributed by atoms with van der Waals surface area (Å²) in [5, 5.41) is 19.4. The molecule has 0 saturated heterocycles. The van der Waals surface area contributed by atoms with E-state index in [0.717, 1.165) is 5.56 Å². The van der Waals surface area contributed by atoms with Crippen molar-refractivity contribution in [2.45, 2.75) is 0 Å². The van der Waals surface area contributed by atoms with Crippen molar-refractivity contribution in [1.29, 1.82) is 5.26 Å². The first-order valence-corrected chi connectivity index (χ1v) is 5.97. The molecule has 0 saturated carbocycles. The summed E-state index contributed by atoms with van der Waals surface area (Å²) in [5.41, 5.74) is 1.83. The molecule has 1 N–H and O–H groups in total. The van der Waals surface area contributed by atoms with Crippen molar-refractivity contribution in [3.05, 3.63) is 51.5 Å². The van der Waals surface area contributed by atoms with Crippen molar-refractivity contribution in [2.24, 2.45) is 0 Å². The van der Waals surface area contributed by atoms with E-state index in [4.69, 9.17) is 16.9 Å². The zero-order valence-corrected chi connectivity index (χ0v) is 11.0. The summed E-state index contributed by atoms with van der Waals surface area (Å²) in [6.45, 7) is 0. The number of benzene rings is 2. The molecule has 0 heterocycles. The molecule has 2 nitrogen and oxygen atoms in total. The van der Waals surface area contributed by atoms with Crippen molar-refractivity contribution in [2.75, 3.05) is 0 Å². The highest BCUT2D eigenvalue weighted by Gasteiger charge is 2.10. The Kier molecular flexibility index (Phi) is 3.37. The van der Waals surface area contributed by atoms with Crippen LogP contribution in [0.1, 0.15) is 5.56 Å². The standard InChI is InChI=1S/C13H7BrClNO/c14-12-5-8(7-16)4-11(13(12)17)9-2-1-3-10(15)6-9/h1-6,17H. The van der Waals surface area contributed by atoms with Gasteiger partial charge in [-0.2, -0.15) is 5.26 Å². The van der Waals surface area contributed by atoms with Crippen LogP contribution in [0.5, 0.6) is 5.75 Å². The van der Waals surface area contributed by atoms with Crippen LogP contribution in [0.4, 0.5) is 0 Å². The van der Waals surface area contributed by atoms with Crippen LogP contribution in [0.25, 0.3) is 11.1 Å². The van der Waals surface area contributed by atoms with Gasteiger partial charge in [-0.1, -0.05) is 23.7 Å². The fraction of sp³-hybridized carbons (Fsp3) is 0. The smallest absolute Gasteiger partial charge is 0.137 e. The Morgan fingerprint density at radius 3 is 2.65 bits per heavy atom. The third-order valence-electron chi connectivity index (χ3n) is 2.33. The molecule has 0 bridgehead atoms. The van der Waals surface area contributed by atoms with Gasteiger partial charge in [0.05, 0.1) is 16.1 Å². The van der Waals surface area contributed by atoms with Crippen LogP contribution in [0.15, 0.2) is 40.9 Å². The normalized spacial score (nSPS) is 9.94. The van der Waals surface area contributed by atoms with E-state index in [1.54, 1.807) is 30.3 Å². The van der Waals surface area contributed by atoms with E-state index in [1.807, 2.05) is 12.1 Å². The summed E-state index contributed by atoms with van der Waals surface area (Å²) in [4.78, 5) is 0. The van der Waals surface area contributed by atoms with Gasteiger partial charge in [0.2, 0.25) is 0 Å². The Labute approximate surface area is 112 Å². The lowest BCUT2D eigenvalue weighted by Gasteiger charge is -2.07. The first-order valence-electron chi connectivity index (χ1n) is 4.80. The lowest BCUT2D eigenvalue weighted by atomic mass is 10.0. The van der Waals surface area contributed by atoms with Gasteiger partial charge in [-0.15, -0.1) is 0 Å². The molecular weight excluding hydrogens is 302 g/mol. The van der Waals surface area contributed by atoms with Crippen molar-refractivity contribution in [3.8, 4) is 22.9 Å². The average molecular weight is 309 g/mol. The molecular formula is C13H7BrClNO. The molecule has 4 heteroatoms. The van der Waals surface area contributed by atoms with Gasteiger partial charge >= 0.3 is 0 Å². The Morgan fingerprint density at radius 1 is 1.24 bits per heavy atom. The summed E-state index contributed by atoms with van der Waals surface area (Å²) >= 11 is 9.12. The van der Waals surface area contributed by atoms with Crippen molar-refractivity contribution >= 4 is 27.5 Å². The van der Waals surface area contributed by atoms with E-state index in [1.165, 1.54) is 0 Å². The number of nitrogens with zero attached hydrogens (tertiary/aromatic N) is 1. The molecule has 0 atom stereocenters. The van der Waals surface area contributed by atoms with Crippen LogP contribution >= 0.6 is 27.5 Å². The van der Waals surface area contributed by atoms with Gasteiger partial charge in [0.25, 0.3) is 0 Å². The molecule has 0 amide bonds. The summed E-state index contributed by atoms with van der Waals surface area (Å²) in [6.07, 6.45) is 0. The molecule has 0 aliphatic heterocycles. The minimum Gasteiger partial charge on any atom is -0.506 e. The van der Waals surface area contributed by atoms with Gasteiger partial charge in [0.1, 0.15) is 5.75 Å². The maximum absolute atomic E-state index is 9.96. The molecule has 2 aromatic rings. The van der Waals surface area contributed by atoms with Crippen LogP contribution in [0.2, 0.25) is 5.02 Å². The van der Waals surface area contributed by atoms with E-state index < -0.39 is 0 Å². The maximum Gasteiger partial charge on any atom is 0.137 e. The second kappa shape index (κ2) is 4.79. The average Bonchev–Trinajstić information content (AvgIpc) is 2.32. The van der Waals surface area contributed by atoms with Crippen LogP contribution in [0.3, 0.4) is 0 Å². The molecule has 2 rings (SSSR count). The largest absolute Gasteiger partial charge is 0.506 e. The zero-order valence-electron chi connectivity index (χ0n) is 8.61. The number of hydrogen-bond acceptors (Lipinski definition) is 2. The van der Waals surface area contributed by atoms with Crippen LogP contribution in [0, 0.1) is 11.3 Å². The topological polar surface area (TPSA) is 44.0 Å². The Balaban J connectivity index is 2.67. The first kappa shape index (κ1) is 12.0. The maximum atomic E-state index is 9.96. The van der Waals surface area contributed by atoms with Crippen LogP contribution in [-0.4, -0.2) is 5.11 Å². The van der Waals surface area contributed by atoms with E-state index in [-0.39, 0.29) is 5.75 Å². The van der Waals surface area contributed by atoms with Gasteiger partial charge < -0.3 is 5.11 Å². The predicted molar refractivity (Wildman–Crippen MR) is 71.0 cm³/mol. The zero-order chi connectivity index (χ0) is 12.4. The number of phenolic OH excluding ortho intramolecular Hbond substituents is 1. The minimum atomic E-state index is 0.103. The SMILES string of the molecule is N#Cc1cc(Br)c(O)c(-c2cccc(Cl)c2)c1. The minimum absolute atomic E-state index is 0.103. The predicted octanol–water partition coefficient (Wildman–Crippen LogP) is 4.35. The lowest BCUT2D eigenvalue weighted by Crippen LogP contribution is -1.84. The van der Waals surface area contributed by atoms with Crippen LogP contribution in [-0.2, 0) is 0 Å². The molecule has 84 valence electrons. The summed E-state index contributed by atoms with van der Waals surface area (Å²) < 4.78 is 0.492.